The van der Waals surface area contributed by atoms with E-state index in [2.05, 4.69) is 14.8 Å². The fraction of sp³-hybridized carbons (Fsp3) is 0.600. The maximum atomic E-state index is 11.1. The number of anilines is 1. The molecule has 0 amide bonds. The highest BCUT2D eigenvalue weighted by atomic mass is 16.5. The molecule has 21 heavy (non-hydrogen) atoms. The molecule has 1 aromatic rings. The lowest BCUT2D eigenvalue weighted by Gasteiger charge is -2.45. The first kappa shape index (κ1) is 14.3. The number of carboxylic acid groups (broad SMARTS) is 1. The van der Waals surface area contributed by atoms with Crippen LogP contribution in [0.4, 0.5) is 5.69 Å². The summed E-state index contributed by atoms with van der Waals surface area (Å²) >= 11 is 0. The molecule has 3 heterocycles. The van der Waals surface area contributed by atoms with Gasteiger partial charge < -0.3 is 14.7 Å². The predicted molar refractivity (Wildman–Crippen MR) is 78.6 cm³/mol. The normalized spacial score (nSPS) is 24.0. The summed E-state index contributed by atoms with van der Waals surface area (Å²) in [6, 6.07) is 3.59. The lowest BCUT2D eigenvalue weighted by molar-refractivity contribution is 0.0107. The van der Waals surface area contributed by atoms with E-state index in [1.807, 2.05) is 6.07 Å². The molecule has 0 spiro atoms. The van der Waals surface area contributed by atoms with E-state index in [1.54, 1.807) is 12.3 Å². The lowest BCUT2D eigenvalue weighted by Crippen LogP contribution is -2.54. The van der Waals surface area contributed by atoms with E-state index < -0.39 is 5.97 Å². The zero-order valence-corrected chi connectivity index (χ0v) is 12.1. The first-order chi connectivity index (χ1) is 10.3. The van der Waals surface area contributed by atoms with E-state index >= 15 is 0 Å². The molecule has 114 valence electrons. The van der Waals surface area contributed by atoms with Crippen LogP contribution in [0.3, 0.4) is 0 Å². The largest absolute Gasteiger partial charge is 0.477 e. The summed E-state index contributed by atoms with van der Waals surface area (Å²) in [5.74, 6) is -0.975. The second-order valence-corrected chi connectivity index (χ2v) is 5.52. The van der Waals surface area contributed by atoms with Crippen molar-refractivity contribution < 1.29 is 14.6 Å². The Morgan fingerprint density at radius 1 is 1.29 bits per heavy atom. The van der Waals surface area contributed by atoms with Crippen LogP contribution in [0.1, 0.15) is 29.8 Å². The standard InChI is InChI=1S/C15H21N3O3/c19-15(20)13-11-12(4-5-16-13)18-6-2-1-3-14(18)17-7-9-21-10-8-17/h4-5,11,14H,1-3,6-10H2,(H,19,20). The average molecular weight is 291 g/mol. The number of hydrogen-bond acceptors (Lipinski definition) is 5. The molecule has 6 heteroatoms. The Bertz CT molecular complexity index is 503. The summed E-state index contributed by atoms with van der Waals surface area (Å²) in [5.41, 5.74) is 1.07. The number of morpholine rings is 1. The maximum absolute atomic E-state index is 11.1. The Labute approximate surface area is 124 Å². The van der Waals surface area contributed by atoms with Crippen LogP contribution in [-0.2, 0) is 4.74 Å². The van der Waals surface area contributed by atoms with Crippen molar-refractivity contribution >= 4 is 11.7 Å². The van der Waals surface area contributed by atoms with Gasteiger partial charge in [-0.15, -0.1) is 0 Å². The van der Waals surface area contributed by atoms with E-state index in [-0.39, 0.29) is 5.69 Å². The molecule has 0 saturated carbocycles. The monoisotopic (exact) mass is 291 g/mol. The van der Waals surface area contributed by atoms with Crippen molar-refractivity contribution in [2.45, 2.75) is 25.4 Å². The van der Waals surface area contributed by atoms with Gasteiger partial charge in [-0.25, -0.2) is 9.78 Å². The smallest absolute Gasteiger partial charge is 0.354 e. The summed E-state index contributed by atoms with van der Waals surface area (Å²) in [5, 5.41) is 9.11. The first-order valence-electron chi connectivity index (χ1n) is 7.53. The van der Waals surface area contributed by atoms with Crippen molar-refractivity contribution in [1.82, 2.24) is 9.88 Å². The van der Waals surface area contributed by atoms with E-state index in [1.165, 1.54) is 6.42 Å². The fourth-order valence-electron chi connectivity index (χ4n) is 3.19. The van der Waals surface area contributed by atoms with Crippen molar-refractivity contribution in [3.05, 3.63) is 24.0 Å². The minimum Gasteiger partial charge on any atom is -0.477 e. The summed E-state index contributed by atoms with van der Waals surface area (Å²) in [4.78, 5) is 19.8. The summed E-state index contributed by atoms with van der Waals surface area (Å²) in [7, 11) is 0. The highest BCUT2D eigenvalue weighted by Crippen LogP contribution is 2.27. The summed E-state index contributed by atoms with van der Waals surface area (Å²) in [6.07, 6.45) is 5.40. The average Bonchev–Trinajstić information content (AvgIpc) is 2.56. The van der Waals surface area contributed by atoms with Gasteiger partial charge in [0.05, 0.1) is 19.4 Å². The molecule has 2 aliphatic rings. The molecule has 3 rings (SSSR count). The van der Waals surface area contributed by atoms with Gasteiger partial charge in [0.15, 0.2) is 0 Å². The second kappa shape index (κ2) is 6.41. The fourth-order valence-corrected chi connectivity index (χ4v) is 3.19. The quantitative estimate of drug-likeness (QED) is 0.909. The number of piperidine rings is 1. The molecular weight excluding hydrogens is 270 g/mol. The van der Waals surface area contributed by atoms with Crippen molar-refractivity contribution in [3.8, 4) is 0 Å². The summed E-state index contributed by atoms with van der Waals surface area (Å²) < 4.78 is 5.43. The van der Waals surface area contributed by atoms with Gasteiger partial charge in [0, 0.05) is 31.5 Å². The zero-order chi connectivity index (χ0) is 14.7. The van der Waals surface area contributed by atoms with Gasteiger partial charge in [-0.1, -0.05) is 0 Å². The molecule has 0 radical (unpaired) electrons. The molecule has 2 aliphatic heterocycles. The van der Waals surface area contributed by atoms with E-state index in [4.69, 9.17) is 9.84 Å². The van der Waals surface area contributed by atoms with Crippen LogP contribution in [0.5, 0.6) is 0 Å². The number of carbonyl (C=O) groups is 1. The number of hydrogen-bond donors (Lipinski definition) is 1. The maximum Gasteiger partial charge on any atom is 0.354 e. The highest BCUT2D eigenvalue weighted by molar-refractivity contribution is 5.86. The molecule has 1 N–H and O–H groups in total. The van der Waals surface area contributed by atoms with E-state index in [9.17, 15) is 4.79 Å². The van der Waals surface area contributed by atoms with Crippen LogP contribution in [0.2, 0.25) is 0 Å². The van der Waals surface area contributed by atoms with Crippen molar-refractivity contribution in [3.63, 3.8) is 0 Å². The Morgan fingerprint density at radius 2 is 2.10 bits per heavy atom. The van der Waals surface area contributed by atoms with Crippen LogP contribution in [0.15, 0.2) is 18.3 Å². The van der Waals surface area contributed by atoms with Gasteiger partial charge in [0.1, 0.15) is 5.69 Å². The Morgan fingerprint density at radius 3 is 2.86 bits per heavy atom. The number of pyridine rings is 1. The molecule has 0 aromatic carbocycles. The van der Waals surface area contributed by atoms with Gasteiger partial charge >= 0.3 is 5.97 Å². The van der Waals surface area contributed by atoms with E-state index in [0.717, 1.165) is 51.4 Å². The molecule has 2 fully saturated rings. The Balaban J connectivity index is 1.83. The Kier molecular flexibility index (Phi) is 4.36. The first-order valence-corrected chi connectivity index (χ1v) is 7.53. The number of nitrogens with zero attached hydrogens (tertiary/aromatic N) is 3. The van der Waals surface area contributed by atoms with Gasteiger partial charge in [-0.3, -0.25) is 4.90 Å². The van der Waals surface area contributed by atoms with Crippen LogP contribution < -0.4 is 4.90 Å². The minimum atomic E-state index is -0.975. The number of aromatic carboxylic acids is 1. The summed E-state index contributed by atoms with van der Waals surface area (Å²) in [6.45, 7) is 4.41. The Hall–Kier alpha value is -1.66. The molecule has 1 atom stereocenters. The molecule has 1 unspecified atom stereocenters. The number of rotatable bonds is 3. The van der Waals surface area contributed by atoms with Gasteiger partial charge in [0.25, 0.3) is 0 Å². The van der Waals surface area contributed by atoms with Gasteiger partial charge in [-0.05, 0) is 31.4 Å². The molecule has 0 aliphatic carbocycles. The van der Waals surface area contributed by atoms with Crippen molar-refractivity contribution in [2.75, 3.05) is 37.7 Å². The van der Waals surface area contributed by atoms with Crippen LogP contribution in [0.25, 0.3) is 0 Å². The third kappa shape index (κ3) is 3.16. The van der Waals surface area contributed by atoms with E-state index in [0.29, 0.717) is 6.17 Å². The minimum absolute atomic E-state index is 0.110. The van der Waals surface area contributed by atoms with Crippen LogP contribution >= 0.6 is 0 Å². The SMILES string of the molecule is O=C(O)c1cc(N2CCCCC2N2CCOCC2)ccn1. The number of aromatic nitrogens is 1. The highest BCUT2D eigenvalue weighted by Gasteiger charge is 2.29. The second-order valence-electron chi connectivity index (χ2n) is 5.52. The third-order valence-electron chi connectivity index (χ3n) is 4.23. The molecular formula is C15H21N3O3. The molecule has 1 aromatic heterocycles. The van der Waals surface area contributed by atoms with Crippen molar-refractivity contribution in [2.24, 2.45) is 0 Å². The van der Waals surface area contributed by atoms with Gasteiger partial charge in [-0.2, -0.15) is 0 Å². The number of ether oxygens (including phenoxy) is 1. The van der Waals surface area contributed by atoms with Gasteiger partial charge in [0.2, 0.25) is 0 Å². The van der Waals surface area contributed by atoms with Crippen LogP contribution in [0, 0.1) is 0 Å². The van der Waals surface area contributed by atoms with Crippen LogP contribution in [-0.4, -0.2) is 60.0 Å². The topological polar surface area (TPSA) is 65.9 Å². The lowest BCUT2D eigenvalue weighted by atomic mass is 10.0. The number of carboxylic acids is 1. The zero-order valence-electron chi connectivity index (χ0n) is 12.1. The predicted octanol–water partition coefficient (Wildman–Crippen LogP) is 1.43. The van der Waals surface area contributed by atoms with Crippen molar-refractivity contribution in [1.29, 1.82) is 0 Å². The molecule has 0 bridgehead atoms. The third-order valence-corrected chi connectivity index (χ3v) is 4.23. The molecule has 2 saturated heterocycles. The molecule has 6 nitrogen and oxygen atoms in total.